The van der Waals surface area contributed by atoms with E-state index in [0.717, 1.165) is 231 Å². The molecular weight excluding hydrogens is 1200 g/mol. The molecule has 3 saturated carbocycles. The molecule has 5 aromatic heterocycles. The number of benzene rings is 3. The topological polar surface area (TPSA) is 160 Å². The van der Waals surface area contributed by atoms with E-state index in [1.807, 2.05) is 12.5 Å². The lowest BCUT2D eigenvalue weighted by Crippen LogP contribution is -2.33. The number of furan rings is 2. The molecular formula is C73H103Cl2N9O8. The molecule has 19 heteroatoms. The fourth-order valence-electron chi connectivity index (χ4n) is 13.4. The van der Waals surface area contributed by atoms with Gasteiger partial charge in [0.25, 0.3) is 0 Å². The summed E-state index contributed by atoms with van der Waals surface area (Å²) in [5, 5.41) is 20.3. The highest BCUT2D eigenvalue weighted by atomic mass is 35.5. The summed E-state index contributed by atoms with van der Waals surface area (Å²) in [6.45, 7) is 13.8. The van der Waals surface area contributed by atoms with Crippen molar-refractivity contribution in [2.75, 3.05) is 101 Å². The molecule has 0 unspecified atom stereocenters. The van der Waals surface area contributed by atoms with Crippen LogP contribution in [0.5, 0.6) is 17.2 Å². The lowest BCUT2D eigenvalue weighted by Gasteiger charge is -2.31. The van der Waals surface area contributed by atoms with Crippen LogP contribution in [0.25, 0.3) is 32.9 Å². The Hall–Kier alpha value is -5.63. The van der Waals surface area contributed by atoms with Gasteiger partial charge in [0.15, 0.2) is 16.7 Å². The number of nitrogens with zero attached hydrogens (tertiary/aromatic N) is 8. The monoisotopic (exact) mass is 1300 g/mol. The predicted octanol–water partition coefficient (Wildman–Crippen LogP) is 14.7. The van der Waals surface area contributed by atoms with Crippen molar-refractivity contribution in [2.24, 2.45) is 35.5 Å². The van der Waals surface area contributed by atoms with Crippen LogP contribution >= 0.6 is 24.8 Å². The third kappa shape index (κ3) is 19.5. The second-order valence-electron chi connectivity index (χ2n) is 28.1. The zero-order chi connectivity index (χ0) is 61.8. The van der Waals surface area contributed by atoms with Crippen LogP contribution < -0.4 is 19.5 Å². The minimum atomic E-state index is 0. The average molecular weight is 1310 g/mol. The quantitative estimate of drug-likeness (QED) is 0.0493. The third-order valence-corrected chi connectivity index (χ3v) is 19.5. The first-order chi connectivity index (χ1) is 44.0. The minimum Gasteiger partial charge on any atom is -0.493 e. The number of fused-ring (bicyclic) bond motifs is 3. The first-order valence-corrected chi connectivity index (χ1v) is 34.2. The summed E-state index contributed by atoms with van der Waals surface area (Å²) in [6, 6.07) is 16.9. The van der Waals surface area contributed by atoms with Crippen molar-refractivity contribution >= 4 is 57.7 Å². The fraction of sp³-hybridized carbons (Fsp3) is 0.603. The van der Waals surface area contributed by atoms with Gasteiger partial charge in [-0.25, -0.2) is 0 Å². The van der Waals surface area contributed by atoms with Gasteiger partial charge in [0, 0.05) is 60.0 Å². The van der Waals surface area contributed by atoms with E-state index >= 15 is 0 Å². The van der Waals surface area contributed by atoms with Gasteiger partial charge in [0.05, 0.1) is 78.6 Å². The molecule has 0 spiro atoms. The minimum absolute atomic E-state index is 0. The summed E-state index contributed by atoms with van der Waals surface area (Å²) >= 11 is 0. The SMILES string of the molecule is CN(C)Cc1c(OCC2CC2)ccc2c(CCC3CCN(Cc4ccoc4)CC3)noc12.CN(C)Cc1c(OCC2CC2)ccc2c(CCC3CCN(Cc4ccoc4)CC3)noc12.CN(C)Cc1c(OCC2CC2)ccc2c(CCC3CCNCC3)noc12.Cl.Cl. The van der Waals surface area contributed by atoms with E-state index in [1.165, 1.54) is 107 Å². The predicted molar refractivity (Wildman–Crippen MR) is 367 cm³/mol. The summed E-state index contributed by atoms with van der Waals surface area (Å²) in [6.07, 6.45) is 29.0. The number of likely N-dealkylation sites (tertiary alicyclic amines) is 2. The molecule has 0 radical (unpaired) electrons. The van der Waals surface area contributed by atoms with E-state index in [0.29, 0.717) is 0 Å². The molecule has 3 aromatic carbocycles. The van der Waals surface area contributed by atoms with Crippen LogP contribution in [0.15, 0.2) is 96.0 Å². The largest absolute Gasteiger partial charge is 0.493 e. The van der Waals surface area contributed by atoms with E-state index in [4.69, 9.17) is 36.6 Å². The third-order valence-electron chi connectivity index (χ3n) is 19.5. The highest BCUT2D eigenvalue weighted by Gasteiger charge is 2.29. The number of hydrogen-bond acceptors (Lipinski definition) is 17. The molecule has 0 bridgehead atoms. The Balaban J connectivity index is 0.000000151. The molecule has 92 heavy (non-hydrogen) atoms. The van der Waals surface area contributed by atoms with Crippen LogP contribution in [-0.2, 0) is 52.0 Å². The van der Waals surface area contributed by atoms with Crippen LogP contribution in [0.3, 0.4) is 0 Å². The number of ether oxygens (including phenoxy) is 3. The maximum absolute atomic E-state index is 6.16. The Labute approximate surface area is 557 Å². The van der Waals surface area contributed by atoms with Gasteiger partial charge in [-0.1, -0.05) is 15.5 Å². The Morgan fingerprint density at radius 1 is 0.424 bits per heavy atom. The van der Waals surface area contributed by atoms with Crippen molar-refractivity contribution in [3.05, 3.63) is 118 Å². The lowest BCUT2D eigenvalue weighted by molar-refractivity contribution is 0.172. The van der Waals surface area contributed by atoms with Crippen molar-refractivity contribution in [1.29, 1.82) is 0 Å². The van der Waals surface area contributed by atoms with E-state index in [-0.39, 0.29) is 24.8 Å². The molecule has 1 N–H and O–H groups in total. The fourth-order valence-corrected chi connectivity index (χ4v) is 13.4. The maximum atomic E-state index is 6.16. The van der Waals surface area contributed by atoms with Crippen molar-refractivity contribution in [1.82, 2.24) is 45.3 Å². The van der Waals surface area contributed by atoms with Crippen LogP contribution in [0.4, 0.5) is 0 Å². The second kappa shape index (κ2) is 33.7. The molecule has 3 saturated heterocycles. The lowest BCUT2D eigenvalue weighted by atomic mass is 9.91. The molecule has 17 nitrogen and oxygen atoms in total. The Kier molecular flexibility index (Phi) is 25.3. The van der Waals surface area contributed by atoms with Crippen molar-refractivity contribution in [3.8, 4) is 17.2 Å². The summed E-state index contributed by atoms with van der Waals surface area (Å²) < 4.78 is 46.4. The van der Waals surface area contributed by atoms with Crippen LogP contribution in [-0.4, -0.2) is 141 Å². The van der Waals surface area contributed by atoms with Crippen molar-refractivity contribution in [3.63, 3.8) is 0 Å². The summed E-state index contributed by atoms with van der Waals surface area (Å²) in [4.78, 5) is 11.6. The van der Waals surface area contributed by atoms with E-state index in [1.54, 1.807) is 12.5 Å². The second-order valence-corrected chi connectivity index (χ2v) is 28.1. The number of aryl methyl sites for hydroxylation is 3. The Morgan fingerprint density at radius 2 is 0.750 bits per heavy atom. The molecule has 502 valence electrons. The molecule has 3 aliphatic heterocycles. The van der Waals surface area contributed by atoms with E-state index in [9.17, 15) is 0 Å². The number of halogens is 2. The summed E-state index contributed by atoms with van der Waals surface area (Å²) in [7, 11) is 12.5. The molecule has 3 aliphatic carbocycles. The van der Waals surface area contributed by atoms with Gasteiger partial charge in [0.2, 0.25) is 0 Å². The molecule has 0 atom stereocenters. The highest BCUT2D eigenvalue weighted by Crippen LogP contribution is 2.39. The number of piperidine rings is 3. The molecule has 8 aromatic rings. The van der Waals surface area contributed by atoms with Gasteiger partial charge in [-0.05, 0) is 281 Å². The van der Waals surface area contributed by atoms with E-state index < -0.39 is 0 Å². The van der Waals surface area contributed by atoms with Gasteiger partial charge in [-0.2, -0.15) is 0 Å². The van der Waals surface area contributed by atoms with Gasteiger partial charge >= 0.3 is 0 Å². The molecule has 6 fully saturated rings. The highest BCUT2D eigenvalue weighted by molar-refractivity contribution is 5.87. The molecule has 0 amide bonds. The Morgan fingerprint density at radius 3 is 1.04 bits per heavy atom. The first kappa shape index (κ1) is 69.2. The van der Waals surface area contributed by atoms with E-state index in [2.05, 4.69) is 136 Å². The van der Waals surface area contributed by atoms with Crippen LogP contribution in [0.2, 0.25) is 0 Å². The van der Waals surface area contributed by atoms with Gasteiger partial charge < -0.3 is 56.6 Å². The van der Waals surface area contributed by atoms with Gasteiger partial charge in [0.1, 0.15) is 17.2 Å². The van der Waals surface area contributed by atoms with Gasteiger partial charge in [-0.3, -0.25) is 9.80 Å². The first-order valence-electron chi connectivity index (χ1n) is 34.2. The van der Waals surface area contributed by atoms with Crippen LogP contribution in [0, 0.1) is 35.5 Å². The molecule has 14 rings (SSSR count). The summed E-state index contributed by atoms with van der Waals surface area (Å²) in [5.41, 5.74) is 11.9. The number of hydrogen-bond donors (Lipinski definition) is 1. The molecule has 6 aliphatic rings. The average Bonchev–Trinajstić information content (AvgIpc) is 1.68. The van der Waals surface area contributed by atoms with Crippen LogP contribution in [0.1, 0.15) is 141 Å². The normalized spacial score (nSPS) is 17.9. The van der Waals surface area contributed by atoms with Crippen molar-refractivity contribution in [2.45, 2.75) is 148 Å². The standard InChI is InChI=1S/2C26H35N3O3.C21H31N3O2.2ClH/c2*1-28(2)16-23-25(31-18-20-3-4-20)8-6-22-24(27-32-26(22)23)7-5-19-9-12-29(13-10-19)15-21-11-14-30-17-21;1-24(2)13-18-20(25-14-16-3-4-16)8-6-17-19(23-26-21(17)18)7-5-15-9-11-22-12-10-15;;/h2*6,8,11,14,17,19-20H,3-5,7,9-10,12-13,15-16,18H2,1-2H3;6,8,15-16,22H,3-5,7,9-14H2,1-2H3;2*1H. The maximum Gasteiger partial charge on any atom is 0.175 e. The zero-order valence-corrected chi connectivity index (χ0v) is 57.3. The zero-order valence-electron chi connectivity index (χ0n) is 55.7. The number of aromatic nitrogens is 3. The number of rotatable bonds is 28. The number of nitrogens with one attached hydrogen (secondary N) is 1. The molecule has 8 heterocycles. The Bertz CT molecular complexity index is 3290. The van der Waals surface area contributed by atoms with Crippen molar-refractivity contribution < 1.29 is 36.6 Å². The van der Waals surface area contributed by atoms with Gasteiger partial charge in [-0.15, -0.1) is 24.8 Å². The summed E-state index contributed by atoms with van der Waals surface area (Å²) in [5.74, 6) is 7.38. The smallest absolute Gasteiger partial charge is 0.175 e.